The summed E-state index contributed by atoms with van der Waals surface area (Å²) in [6.07, 6.45) is 0. The Labute approximate surface area is 121 Å². The maximum Gasteiger partial charge on any atom is 0.332 e. The summed E-state index contributed by atoms with van der Waals surface area (Å²) in [6, 6.07) is 15.3. The number of nitrogens with zero attached hydrogens (tertiary/aromatic N) is 1. The van der Waals surface area contributed by atoms with Crippen LogP contribution in [0.15, 0.2) is 53.3 Å². The predicted octanol–water partition coefficient (Wildman–Crippen LogP) is 2.88. The second-order valence-corrected chi connectivity index (χ2v) is 4.91. The van der Waals surface area contributed by atoms with Crippen LogP contribution in [0.1, 0.15) is 5.56 Å². The molecule has 4 nitrogen and oxygen atoms in total. The molecule has 0 aliphatic rings. The Kier molecular flexibility index (Phi) is 3.12. The van der Waals surface area contributed by atoms with E-state index in [4.69, 9.17) is 12.2 Å². The largest absolute Gasteiger partial charge is 0.332 e. The summed E-state index contributed by atoms with van der Waals surface area (Å²) >= 11 is 5.36. The topological polar surface area (TPSA) is 49.8 Å². The van der Waals surface area contributed by atoms with Crippen LogP contribution in [-0.2, 0) is 0 Å². The number of aryl methyl sites for hydroxylation is 1. The third kappa shape index (κ3) is 2.12. The molecule has 5 heteroatoms. The minimum atomic E-state index is -0.239. The fourth-order valence-corrected chi connectivity index (χ4v) is 2.43. The third-order valence-corrected chi connectivity index (χ3v) is 3.46. The number of rotatable bonds is 1. The third-order valence-electron chi connectivity index (χ3n) is 3.18. The smallest absolute Gasteiger partial charge is 0.332 e. The van der Waals surface area contributed by atoms with E-state index in [1.165, 1.54) is 4.57 Å². The number of anilines is 1. The zero-order chi connectivity index (χ0) is 14.1. The van der Waals surface area contributed by atoms with Crippen LogP contribution < -0.4 is 11.0 Å². The highest BCUT2D eigenvalue weighted by molar-refractivity contribution is 7.80. The number of nitrogens with one attached hydrogen (secondary N) is 2. The first-order valence-electron chi connectivity index (χ1n) is 6.23. The van der Waals surface area contributed by atoms with Crippen LogP contribution in [0.3, 0.4) is 0 Å². The first-order chi connectivity index (χ1) is 9.66. The second kappa shape index (κ2) is 4.94. The van der Waals surface area contributed by atoms with Gasteiger partial charge >= 0.3 is 5.69 Å². The predicted molar refractivity (Wildman–Crippen MR) is 85.4 cm³/mol. The first-order valence-corrected chi connectivity index (χ1v) is 6.64. The molecule has 0 bridgehead atoms. The molecule has 2 N–H and O–H groups in total. The van der Waals surface area contributed by atoms with Gasteiger partial charge in [0.15, 0.2) is 5.11 Å². The van der Waals surface area contributed by atoms with Crippen LogP contribution in [0, 0.1) is 6.92 Å². The van der Waals surface area contributed by atoms with Gasteiger partial charge in [0.2, 0.25) is 0 Å². The van der Waals surface area contributed by atoms with Crippen molar-refractivity contribution in [1.29, 1.82) is 0 Å². The molecule has 0 fully saturated rings. The lowest BCUT2D eigenvalue weighted by molar-refractivity contribution is 1.09. The Hall–Kier alpha value is -2.40. The van der Waals surface area contributed by atoms with Crippen molar-refractivity contribution in [1.82, 2.24) is 9.55 Å². The van der Waals surface area contributed by atoms with Gasteiger partial charge in [-0.05, 0) is 42.9 Å². The molecule has 100 valence electrons. The van der Waals surface area contributed by atoms with Gasteiger partial charge in [0.05, 0.1) is 11.0 Å². The standard InChI is InChI=1S/C15H13N3OS/c1-10-6-2-3-7-11(10)17-15(20)18-13-9-5-4-8-12(13)16-14(18)19/h2-9H,1H3,(H,16,19)(H,17,20). The fraction of sp³-hybridized carbons (Fsp3) is 0.0667. The number of H-pyrrole nitrogens is 1. The molecule has 1 aromatic heterocycles. The minimum Gasteiger partial charge on any atom is -0.332 e. The summed E-state index contributed by atoms with van der Waals surface area (Å²) in [5.74, 6) is 0. The van der Waals surface area contributed by atoms with Gasteiger partial charge in [0.1, 0.15) is 0 Å². The Bertz CT molecular complexity index is 847. The van der Waals surface area contributed by atoms with Crippen LogP contribution in [0.25, 0.3) is 11.0 Å². The molecule has 1 heterocycles. The lowest BCUT2D eigenvalue weighted by Gasteiger charge is -2.10. The van der Waals surface area contributed by atoms with Crippen LogP contribution >= 0.6 is 12.2 Å². The SMILES string of the molecule is Cc1ccccc1NC(=S)n1c(=O)[nH]c2ccccc21. The Morgan fingerprint density at radius 3 is 2.65 bits per heavy atom. The highest BCUT2D eigenvalue weighted by Gasteiger charge is 2.10. The Balaban J connectivity index is 2.04. The van der Waals surface area contributed by atoms with Gasteiger partial charge in [-0.25, -0.2) is 9.36 Å². The summed E-state index contributed by atoms with van der Waals surface area (Å²) in [7, 11) is 0. The van der Waals surface area contributed by atoms with Crippen LogP contribution in [0.5, 0.6) is 0 Å². The number of benzene rings is 2. The molecule has 0 amide bonds. The van der Waals surface area contributed by atoms with Crippen molar-refractivity contribution in [2.24, 2.45) is 0 Å². The van der Waals surface area contributed by atoms with Gasteiger partial charge in [0.25, 0.3) is 0 Å². The van der Waals surface area contributed by atoms with Crippen molar-refractivity contribution < 1.29 is 0 Å². The average molecular weight is 283 g/mol. The molecule has 2 aromatic carbocycles. The summed E-state index contributed by atoms with van der Waals surface area (Å²) in [4.78, 5) is 14.8. The Morgan fingerprint density at radius 1 is 1.15 bits per heavy atom. The minimum absolute atomic E-state index is 0.239. The average Bonchev–Trinajstić information content (AvgIpc) is 2.77. The quantitative estimate of drug-likeness (QED) is 0.675. The summed E-state index contributed by atoms with van der Waals surface area (Å²) < 4.78 is 1.47. The second-order valence-electron chi connectivity index (χ2n) is 4.53. The van der Waals surface area contributed by atoms with Crippen molar-refractivity contribution >= 4 is 34.1 Å². The van der Waals surface area contributed by atoms with E-state index >= 15 is 0 Å². The van der Waals surface area contributed by atoms with Crippen LogP contribution in [-0.4, -0.2) is 14.7 Å². The molecule has 0 saturated heterocycles. The number of para-hydroxylation sites is 3. The monoisotopic (exact) mass is 283 g/mol. The van der Waals surface area contributed by atoms with E-state index in [1.807, 2.05) is 55.5 Å². The Morgan fingerprint density at radius 2 is 1.85 bits per heavy atom. The number of imidazole rings is 1. The van der Waals surface area contributed by atoms with E-state index in [1.54, 1.807) is 0 Å². The summed E-state index contributed by atoms with van der Waals surface area (Å²) in [5.41, 5.74) is 3.27. The van der Waals surface area contributed by atoms with Crippen molar-refractivity contribution in [3.05, 3.63) is 64.6 Å². The number of fused-ring (bicyclic) bond motifs is 1. The fourth-order valence-electron chi connectivity index (χ4n) is 2.14. The number of aromatic amines is 1. The van der Waals surface area contributed by atoms with E-state index in [0.29, 0.717) is 5.11 Å². The molecule has 0 spiro atoms. The van der Waals surface area contributed by atoms with Gasteiger partial charge in [-0.2, -0.15) is 0 Å². The maximum absolute atomic E-state index is 12.0. The summed E-state index contributed by atoms with van der Waals surface area (Å²) in [5, 5.41) is 3.48. The van der Waals surface area contributed by atoms with Crippen molar-refractivity contribution in [2.45, 2.75) is 6.92 Å². The van der Waals surface area contributed by atoms with Crippen LogP contribution in [0.2, 0.25) is 0 Å². The van der Waals surface area contributed by atoms with Gasteiger partial charge in [0, 0.05) is 5.69 Å². The van der Waals surface area contributed by atoms with Gasteiger partial charge in [-0.1, -0.05) is 30.3 Å². The molecule has 3 aromatic rings. The van der Waals surface area contributed by atoms with Crippen molar-refractivity contribution in [2.75, 3.05) is 5.32 Å². The van der Waals surface area contributed by atoms with Crippen LogP contribution in [0.4, 0.5) is 5.69 Å². The molecule has 0 atom stereocenters. The molecule has 3 rings (SSSR count). The highest BCUT2D eigenvalue weighted by Crippen LogP contribution is 2.15. The number of aromatic nitrogens is 2. The van der Waals surface area contributed by atoms with Gasteiger partial charge in [-0.3, -0.25) is 0 Å². The lowest BCUT2D eigenvalue weighted by atomic mass is 10.2. The zero-order valence-electron chi connectivity index (χ0n) is 10.9. The lowest BCUT2D eigenvalue weighted by Crippen LogP contribution is -2.29. The molecule has 0 radical (unpaired) electrons. The molecular formula is C15H13N3OS. The van der Waals surface area contributed by atoms with E-state index in [-0.39, 0.29) is 5.69 Å². The van der Waals surface area contributed by atoms with E-state index in [0.717, 1.165) is 22.3 Å². The van der Waals surface area contributed by atoms with E-state index in [9.17, 15) is 4.79 Å². The van der Waals surface area contributed by atoms with Gasteiger partial charge in [-0.15, -0.1) is 0 Å². The molecule has 20 heavy (non-hydrogen) atoms. The van der Waals surface area contributed by atoms with Crippen molar-refractivity contribution in [3.63, 3.8) is 0 Å². The number of hydrogen-bond acceptors (Lipinski definition) is 2. The van der Waals surface area contributed by atoms with E-state index in [2.05, 4.69) is 10.3 Å². The molecular weight excluding hydrogens is 270 g/mol. The normalized spacial score (nSPS) is 10.7. The molecule has 0 aliphatic carbocycles. The molecule has 0 aliphatic heterocycles. The van der Waals surface area contributed by atoms with Crippen molar-refractivity contribution in [3.8, 4) is 0 Å². The summed E-state index contributed by atoms with van der Waals surface area (Å²) in [6.45, 7) is 1.99. The number of thiocarbonyl (C=S) groups is 1. The maximum atomic E-state index is 12.0. The van der Waals surface area contributed by atoms with Gasteiger partial charge < -0.3 is 10.3 Å². The molecule has 0 saturated carbocycles. The highest BCUT2D eigenvalue weighted by atomic mass is 32.1. The molecule has 0 unspecified atom stereocenters. The number of hydrogen-bond donors (Lipinski definition) is 2. The zero-order valence-corrected chi connectivity index (χ0v) is 11.7. The van der Waals surface area contributed by atoms with E-state index < -0.39 is 0 Å². The first kappa shape index (κ1) is 12.6.